The number of rotatable bonds is 9. The van der Waals surface area contributed by atoms with E-state index in [0.29, 0.717) is 43.7 Å². The zero-order chi connectivity index (χ0) is 25.5. The molecule has 0 atom stereocenters. The summed E-state index contributed by atoms with van der Waals surface area (Å²) in [5, 5.41) is 6.76. The number of aliphatic imine (C=N–C) groups is 1. The summed E-state index contributed by atoms with van der Waals surface area (Å²) in [5.74, 6) is 3.26. The van der Waals surface area contributed by atoms with E-state index in [-0.39, 0.29) is 18.4 Å². The van der Waals surface area contributed by atoms with Crippen molar-refractivity contribution in [2.45, 2.75) is 58.4 Å². The number of nitrogens with zero attached hydrogens (tertiary/aromatic N) is 5. The maximum Gasteiger partial charge on any atom is 0.227 e. The summed E-state index contributed by atoms with van der Waals surface area (Å²) < 4.78 is 11.1. The van der Waals surface area contributed by atoms with E-state index in [9.17, 15) is 0 Å². The monoisotopic (exact) mass is 497 g/mol. The number of ether oxygens (including phenoxy) is 2. The number of piperidine rings is 1. The number of aromatic nitrogens is 3. The molecule has 0 bridgehead atoms. The molecule has 11 nitrogen and oxygen atoms in total. The summed E-state index contributed by atoms with van der Waals surface area (Å²) in [4.78, 5) is 20.5. The van der Waals surface area contributed by atoms with Crippen molar-refractivity contribution >= 4 is 29.1 Å². The Balaban J connectivity index is 1.43. The van der Waals surface area contributed by atoms with Crippen LogP contribution in [0.4, 0.5) is 23.3 Å². The van der Waals surface area contributed by atoms with Crippen molar-refractivity contribution in [1.82, 2.24) is 15.0 Å². The second-order valence-electron chi connectivity index (χ2n) is 9.86. The fourth-order valence-electron chi connectivity index (χ4n) is 4.17. The van der Waals surface area contributed by atoms with E-state index in [1.54, 1.807) is 12.4 Å². The van der Waals surface area contributed by atoms with Crippen molar-refractivity contribution in [2.75, 3.05) is 48.4 Å². The van der Waals surface area contributed by atoms with E-state index in [0.717, 1.165) is 49.0 Å². The van der Waals surface area contributed by atoms with Crippen LogP contribution in [0.15, 0.2) is 29.5 Å². The highest BCUT2D eigenvalue weighted by molar-refractivity contribution is 6.02. The highest BCUT2D eigenvalue weighted by atomic mass is 16.7. The van der Waals surface area contributed by atoms with Gasteiger partial charge in [-0.25, -0.2) is 9.97 Å². The summed E-state index contributed by atoms with van der Waals surface area (Å²) in [6.45, 7) is 9.86. The Morgan fingerprint density at radius 2 is 1.94 bits per heavy atom. The normalized spacial score (nSPS) is 21.6. The number of nitrogens with two attached hydrogens (primary N) is 2. The summed E-state index contributed by atoms with van der Waals surface area (Å²) >= 11 is 0. The zero-order valence-electron chi connectivity index (χ0n) is 21.5. The fraction of sp³-hybridized carbons (Fsp3) is 0.600. The summed E-state index contributed by atoms with van der Waals surface area (Å²) in [5.41, 5.74) is 13.7. The minimum atomic E-state index is -0.301. The van der Waals surface area contributed by atoms with Gasteiger partial charge in [0.1, 0.15) is 17.5 Å². The van der Waals surface area contributed by atoms with Crippen LogP contribution in [0.25, 0.3) is 0 Å². The van der Waals surface area contributed by atoms with Gasteiger partial charge in [0.05, 0.1) is 30.5 Å². The third-order valence-electron chi connectivity index (χ3n) is 6.23. The minimum absolute atomic E-state index is 0.0693. The molecular formula is C25H39N9O2. The van der Waals surface area contributed by atoms with E-state index >= 15 is 0 Å². The second kappa shape index (κ2) is 12.3. The Bertz CT molecular complexity index is 1020. The predicted molar refractivity (Wildman–Crippen MR) is 143 cm³/mol. The molecule has 2 saturated heterocycles. The number of hydrogen-bond acceptors (Lipinski definition) is 10. The number of pyridine rings is 1. The lowest BCUT2D eigenvalue weighted by molar-refractivity contribution is -0.186. The number of nitrogens with one attached hydrogen (secondary N) is 2. The molecule has 0 radical (unpaired) electrons. The molecule has 0 amide bonds. The van der Waals surface area contributed by atoms with Gasteiger partial charge in [0.25, 0.3) is 0 Å². The van der Waals surface area contributed by atoms with E-state index in [1.165, 1.54) is 0 Å². The third-order valence-corrected chi connectivity index (χ3v) is 6.23. The topological polar surface area (TPSA) is 149 Å². The maximum atomic E-state index is 6.35. The standard InChI is InChI=1S/C25H39N9O2/c1-16(2)31-20-12-22(32-21-4-8-29-25(33-21)34-10-6-17(3)7-11-34)30-13-19(20)24(27)28-9-5-23-35-14-18(26)15-36-23/h4,8,12-13,16-18,23H,5-7,9-11,14-15,26H2,1-3H3,(H2,27,28)(H2,29,30,31,32,33). The lowest BCUT2D eigenvalue weighted by atomic mass is 10.00. The van der Waals surface area contributed by atoms with Gasteiger partial charge in [-0.15, -0.1) is 0 Å². The predicted octanol–water partition coefficient (Wildman–Crippen LogP) is 2.47. The number of hydrogen-bond donors (Lipinski definition) is 4. The van der Waals surface area contributed by atoms with Gasteiger partial charge in [-0.3, -0.25) is 4.99 Å². The lowest BCUT2D eigenvalue weighted by Crippen LogP contribution is -2.41. The van der Waals surface area contributed by atoms with Gasteiger partial charge in [0.2, 0.25) is 5.95 Å². The van der Waals surface area contributed by atoms with Gasteiger partial charge in [-0.1, -0.05) is 6.92 Å². The van der Waals surface area contributed by atoms with Gasteiger partial charge >= 0.3 is 0 Å². The average molecular weight is 498 g/mol. The van der Waals surface area contributed by atoms with Crippen LogP contribution in [0.1, 0.15) is 45.6 Å². The van der Waals surface area contributed by atoms with Crippen LogP contribution in [0.3, 0.4) is 0 Å². The van der Waals surface area contributed by atoms with Crippen molar-refractivity contribution in [1.29, 1.82) is 0 Å². The molecule has 2 fully saturated rings. The third kappa shape index (κ3) is 7.25. The zero-order valence-corrected chi connectivity index (χ0v) is 21.5. The van der Waals surface area contributed by atoms with Crippen LogP contribution >= 0.6 is 0 Å². The van der Waals surface area contributed by atoms with Gasteiger partial charge in [-0.2, -0.15) is 4.98 Å². The van der Waals surface area contributed by atoms with Crippen molar-refractivity contribution in [3.63, 3.8) is 0 Å². The Morgan fingerprint density at radius 3 is 2.67 bits per heavy atom. The average Bonchev–Trinajstić information content (AvgIpc) is 2.85. The number of amidine groups is 1. The molecule has 0 aliphatic carbocycles. The van der Waals surface area contributed by atoms with Crippen molar-refractivity contribution < 1.29 is 9.47 Å². The van der Waals surface area contributed by atoms with Crippen molar-refractivity contribution in [2.24, 2.45) is 22.4 Å². The summed E-state index contributed by atoms with van der Waals surface area (Å²) in [7, 11) is 0. The van der Waals surface area contributed by atoms with Crippen LogP contribution in [0.2, 0.25) is 0 Å². The molecule has 4 rings (SSSR count). The molecule has 6 N–H and O–H groups in total. The molecule has 0 saturated carbocycles. The first-order valence-corrected chi connectivity index (χ1v) is 12.8. The minimum Gasteiger partial charge on any atom is -0.383 e. The molecule has 0 spiro atoms. The molecule has 0 aromatic carbocycles. The fourth-order valence-corrected chi connectivity index (χ4v) is 4.17. The first-order valence-electron chi connectivity index (χ1n) is 12.8. The molecule has 11 heteroatoms. The number of anilines is 4. The van der Waals surface area contributed by atoms with Crippen LogP contribution in [0.5, 0.6) is 0 Å². The van der Waals surface area contributed by atoms with Crippen LogP contribution < -0.4 is 27.0 Å². The van der Waals surface area contributed by atoms with Crippen LogP contribution in [0, 0.1) is 5.92 Å². The van der Waals surface area contributed by atoms with E-state index in [2.05, 4.69) is 51.3 Å². The van der Waals surface area contributed by atoms with Crippen molar-refractivity contribution in [3.8, 4) is 0 Å². The largest absolute Gasteiger partial charge is 0.383 e. The van der Waals surface area contributed by atoms with Crippen LogP contribution in [-0.2, 0) is 9.47 Å². The molecule has 4 heterocycles. The molecular weight excluding hydrogens is 458 g/mol. The first kappa shape index (κ1) is 26.1. The molecule has 196 valence electrons. The lowest BCUT2D eigenvalue weighted by Gasteiger charge is -2.30. The Morgan fingerprint density at radius 1 is 1.19 bits per heavy atom. The summed E-state index contributed by atoms with van der Waals surface area (Å²) in [6.07, 6.45) is 6.14. The SMILES string of the molecule is CC1CCN(c2nccc(Nc3cc(NC(C)C)c(C(N)=NCCC4OCC(N)CO4)cn3)n2)CC1. The van der Waals surface area contributed by atoms with Gasteiger partial charge in [-0.05, 0) is 38.7 Å². The Labute approximate surface area is 213 Å². The van der Waals surface area contributed by atoms with E-state index in [4.69, 9.17) is 25.9 Å². The molecule has 2 aromatic heterocycles. The van der Waals surface area contributed by atoms with Gasteiger partial charge in [0.15, 0.2) is 6.29 Å². The smallest absolute Gasteiger partial charge is 0.227 e. The van der Waals surface area contributed by atoms with Crippen molar-refractivity contribution in [3.05, 3.63) is 30.1 Å². The van der Waals surface area contributed by atoms with Gasteiger partial charge < -0.3 is 36.5 Å². The van der Waals surface area contributed by atoms with Gasteiger partial charge in [0, 0.05) is 50.6 Å². The highest BCUT2D eigenvalue weighted by Gasteiger charge is 2.20. The Kier molecular flexibility index (Phi) is 8.89. The maximum absolute atomic E-state index is 6.35. The molecule has 36 heavy (non-hydrogen) atoms. The Hall–Kier alpha value is -3.02. The molecule has 2 aliphatic heterocycles. The second-order valence-corrected chi connectivity index (χ2v) is 9.86. The van der Waals surface area contributed by atoms with E-state index < -0.39 is 0 Å². The quantitative estimate of drug-likeness (QED) is 0.301. The van der Waals surface area contributed by atoms with E-state index in [1.807, 2.05) is 12.1 Å². The molecule has 2 aliphatic rings. The highest BCUT2D eigenvalue weighted by Crippen LogP contribution is 2.24. The molecule has 0 unspecified atom stereocenters. The van der Waals surface area contributed by atoms with Crippen LogP contribution in [-0.4, -0.2) is 72.0 Å². The first-order chi connectivity index (χ1) is 17.4. The summed E-state index contributed by atoms with van der Waals surface area (Å²) in [6, 6.07) is 3.91. The molecule has 2 aromatic rings.